The highest BCUT2D eigenvalue weighted by Crippen LogP contribution is 2.15. The molecular formula is C10H13BrFN3. The van der Waals surface area contributed by atoms with Crippen molar-refractivity contribution >= 4 is 21.8 Å². The van der Waals surface area contributed by atoms with E-state index in [1.54, 1.807) is 12.1 Å². The number of nitrogens with zero attached hydrogens (tertiary/aromatic N) is 1. The van der Waals surface area contributed by atoms with Crippen molar-refractivity contribution in [2.75, 3.05) is 0 Å². The largest absolute Gasteiger partial charge is 0.308 e. The molecule has 1 rings (SSSR count). The first-order valence-corrected chi connectivity index (χ1v) is 5.33. The Morgan fingerprint density at radius 3 is 2.67 bits per heavy atom. The quantitative estimate of drug-likeness (QED) is 0.376. The predicted octanol–water partition coefficient (Wildman–Crippen LogP) is 2.21. The smallest absolute Gasteiger partial charge is 0.145 e. The van der Waals surface area contributed by atoms with E-state index < -0.39 is 0 Å². The lowest BCUT2D eigenvalue weighted by Crippen LogP contribution is -2.32. The zero-order chi connectivity index (χ0) is 11.4. The highest BCUT2D eigenvalue weighted by Gasteiger charge is 2.09. The van der Waals surface area contributed by atoms with Gasteiger partial charge < -0.3 is 5.43 Å². The summed E-state index contributed by atoms with van der Waals surface area (Å²) in [6.07, 6.45) is 0. The minimum Gasteiger partial charge on any atom is -0.308 e. The molecule has 3 N–H and O–H groups in total. The monoisotopic (exact) mass is 273 g/mol. The van der Waals surface area contributed by atoms with Crippen molar-refractivity contribution in [2.45, 2.75) is 19.9 Å². The van der Waals surface area contributed by atoms with E-state index in [0.29, 0.717) is 15.9 Å². The number of rotatable bonds is 2. The van der Waals surface area contributed by atoms with Gasteiger partial charge in [0.15, 0.2) is 0 Å². The van der Waals surface area contributed by atoms with Crippen LogP contribution in [0.15, 0.2) is 27.7 Å². The summed E-state index contributed by atoms with van der Waals surface area (Å²) in [5.41, 5.74) is 2.77. The lowest BCUT2D eigenvalue weighted by molar-refractivity contribution is 0.622. The van der Waals surface area contributed by atoms with E-state index in [2.05, 4.69) is 26.3 Å². The first kappa shape index (κ1) is 12.1. The molecule has 0 aromatic heterocycles. The minimum absolute atomic E-state index is 0.0547. The Balaban J connectivity index is 3.13. The zero-order valence-corrected chi connectivity index (χ0v) is 10.2. The Kier molecular flexibility index (Phi) is 4.23. The van der Waals surface area contributed by atoms with E-state index in [1.807, 2.05) is 13.8 Å². The molecule has 0 aliphatic rings. The molecule has 0 radical (unpaired) electrons. The number of hydrogen-bond acceptors (Lipinski definition) is 2. The fraction of sp³-hybridized carbons (Fsp3) is 0.300. The third-order valence-electron chi connectivity index (χ3n) is 1.71. The van der Waals surface area contributed by atoms with Crippen molar-refractivity contribution in [3.8, 4) is 0 Å². The molecule has 0 heterocycles. The van der Waals surface area contributed by atoms with Crippen LogP contribution in [-0.4, -0.2) is 11.9 Å². The molecule has 1 aromatic rings. The zero-order valence-electron chi connectivity index (χ0n) is 8.59. The number of benzene rings is 1. The number of nitrogens with two attached hydrogens (primary N) is 1. The average molecular weight is 274 g/mol. The van der Waals surface area contributed by atoms with E-state index in [1.165, 1.54) is 6.07 Å². The highest BCUT2D eigenvalue weighted by molar-refractivity contribution is 9.10. The van der Waals surface area contributed by atoms with E-state index in [0.717, 1.165) is 0 Å². The Morgan fingerprint density at radius 1 is 1.53 bits per heavy atom. The standard InChI is InChI=1S/C10H13BrFN3/c1-6(2)14-10(15-13)8-4-3-7(11)5-9(8)12/h3-6H,13H2,1-2H3,(H,14,15). The summed E-state index contributed by atoms with van der Waals surface area (Å²) in [5, 5.41) is 0. The summed E-state index contributed by atoms with van der Waals surface area (Å²) >= 11 is 3.19. The van der Waals surface area contributed by atoms with Crippen LogP contribution in [0.1, 0.15) is 19.4 Å². The van der Waals surface area contributed by atoms with Crippen molar-refractivity contribution < 1.29 is 4.39 Å². The fourth-order valence-corrected chi connectivity index (χ4v) is 1.46. The number of hydrazine groups is 1. The fourth-order valence-electron chi connectivity index (χ4n) is 1.12. The van der Waals surface area contributed by atoms with Gasteiger partial charge in [-0.1, -0.05) is 15.9 Å². The lowest BCUT2D eigenvalue weighted by atomic mass is 10.2. The second-order valence-electron chi connectivity index (χ2n) is 3.34. The van der Waals surface area contributed by atoms with Crippen LogP contribution in [-0.2, 0) is 0 Å². The Hall–Kier alpha value is -0.940. The molecule has 15 heavy (non-hydrogen) atoms. The molecule has 0 saturated carbocycles. The molecule has 1 aromatic carbocycles. The van der Waals surface area contributed by atoms with Gasteiger partial charge in [0, 0.05) is 10.5 Å². The second-order valence-corrected chi connectivity index (χ2v) is 4.26. The van der Waals surface area contributed by atoms with Gasteiger partial charge in [-0.3, -0.25) is 4.99 Å². The summed E-state index contributed by atoms with van der Waals surface area (Å²) in [7, 11) is 0. The van der Waals surface area contributed by atoms with E-state index in [9.17, 15) is 4.39 Å². The summed E-state index contributed by atoms with van der Waals surface area (Å²) < 4.78 is 14.2. The maximum absolute atomic E-state index is 13.5. The number of nitrogens with one attached hydrogen (secondary N) is 1. The normalized spacial score (nSPS) is 12.0. The Bertz CT molecular complexity index is 377. The molecule has 0 fully saturated rings. The molecule has 5 heteroatoms. The summed E-state index contributed by atoms with van der Waals surface area (Å²) in [5.74, 6) is 5.30. The number of halogens is 2. The first-order chi connectivity index (χ1) is 7.04. The highest BCUT2D eigenvalue weighted by atomic mass is 79.9. The van der Waals surface area contributed by atoms with E-state index in [4.69, 9.17) is 5.84 Å². The lowest BCUT2D eigenvalue weighted by Gasteiger charge is -2.08. The van der Waals surface area contributed by atoms with Gasteiger partial charge in [0.25, 0.3) is 0 Å². The van der Waals surface area contributed by atoms with Crippen LogP contribution < -0.4 is 11.3 Å². The van der Waals surface area contributed by atoms with Gasteiger partial charge in [0.1, 0.15) is 11.7 Å². The number of amidine groups is 1. The molecule has 0 aliphatic carbocycles. The molecule has 0 unspecified atom stereocenters. The van der Waals surface area contributed by atoms with Crippen LogP contribution in [0.25, 0.3) is 0 Å². The summed E-state index contributed by atoms with van der Waals surface area (Å²) in [6, 6.07) is 4.80. The van der Waals surface area contributed by atoms with Crippen molar-refractivity contribution in [3.05, 3.63) is 34.1 Å². The molecular weight excluding hydrogens is 261 g/mol. The van der Waals surface area contributed by atoms with Crippen LogP contribution in [0.4, 0.5) is 4.39 Å². The molecule has 0 saturated heterocycles. The average Bonchev–Trinajstić information content (AvgIpc) is 2.14. The first-order valence-electron chi connectivity index (χ1n) is 4.54. The van der Waals surface area contributed by atoms with Crippen molar-refractivity contribution in [3.63, 3.8) is 0 Å². The van der Waals surface area contributed by atoms with Crippen molar-refractivity contribution in [1.82, 2.24) is 5.43 Å². The van der Waals surface area contributed by atoms with E-state index >= 15 is 0 Å². The maximum Gasteiger partial charge on any atom is 0.145 e. The van der Waals surface area contributed by atoms with Crippen molar-refractivity contribution in [2.24, 2.45) is 10.8 Å². The number of hydrogen-bond donors (Lipinski definition) is 2. The third kappa shape index (κ3) is 3.28. The second kappa shape index (κ2) is 5.23. The van der Waals surface area contributed by atoms with Gasteiger partial charge in [0.2, 0.25) is 0 Å². The molecule has 0 spiro atoms. The molecule has 0 aliphatic heterocycles. The molecule has 0 bridgehead atoms. The van der Waals surface area contributed by atoms with Gasteiger partial charge in [-0.25, -0.2) is 10.2 Å². The van der Waals surface area contributed by atoms with Crippen LogP contribution in [0.2, 0.25) is 0 Å². The SMILES string of the molecule is CC(C)N=C(NN)c1ccc(Br)cc1F. The van der Waals surface area contributed by atoms with Gasteiger partial charge in [-0.2, -0.15) is 0 Å². The molecule has 3 nitrogen and oxygen atoms in total. The minimum atomic E-state index is -0.360. The topological polar surface area (TPSA) is 50.4 Å². The van der Waals surface area contributed by atoms with Crippen LogP contribution in [0, 0.1) is 5.82 Å². The van der Waals surface area contributed by atoms with Gasteiger partial charge in [0.05, 0.1) is 5.56 Å². The Morgan fingerprint density at radius 2 is 2.20 bits per heavy atom. The molecule has 0 amide bonds. The third-order valence-corrected chi connectivity index (χ3v) is 2.20. The molecule has 82 valence electrons. The van der Waals surface area contributed by atoms with Crippen LogP contribution >= 0.6 is 15.9 Å². The van der Waals surface area contributed by atoms with Gasteiger partial charge >= 0.3 is 0 Å². The Labute approximate surface area is 96.7 Å². The molecule has 0 atom stereocenters. The van der Waals surface area contributed by atoms with Crippen LogP contribution in [0.3, 0.4) is 0 Å². The van der Waals surface area contributed by atoms with Crippen LogP contribution in [0.5, 0.6) is 0 Å². The van der Waals surface area contributed by atoms with Gasteiger partial charge in [-0.15, -0.1) is 0 Å². The summed E-state index contributed by atoms with van der Waals surface area (Å²) in [6.45, 7) is 3.79. The predicted molar refractivity (Wildman–Crippen MR) is 63.1 cm³/mol. The number of aliphatic imine (C=N–C) groups is 1. The summed E-state index contributed by atoms with van der Waals surface area (Å²) in [4.78, 5) is 4.18. The maximum atomic E-state index is 13.5. The van der Waals surface area contributed by atoms with E-state index in [-0.39, 0.29) is 11.9 Å². The van der Waals surface area contributed by atoms with Gasteiger partial charge in [-0.05, 0) is 32.0 Å². The van der Waals surface area contributed by atoms with Crippen molar-refractivity contribution in [1.29, 1.82) is 0 Å².